The van der Waals surface area contributed by atoms with Crippen molar-refractivity contribution >= 4 is 21.8 Å². The molecule has 94 valence electrons. The fourth-order valence-electron chi connectivity index (χ4n) is 2.20. The number of nitrogens with one attached hydrogen (secondary N) is 1. The van der Waals surface area contributed by atoms with E-state index in [9.17, 15) is 4.79 Å². The number of amides is 1. The van der Waals surface area contributed by atoms with E-state index >= 15 is 0 Å². The molecule has 0 radical (unpaired) electrons. The van der Waals surface area contributed by atoms with Crippen molar-refractivity contribution in [1.29, 1.82) is 0 Å². The molecule has 2 aromatic rings. The minimum atomic E-state index is 0.00113. The fraction of sp³-hybridized carbons (Fsp3) is 0.364. The summed E-state index contributed by atoms with van der Waals surface area (Å²) in [7, 11) is 0. The lowest BCUT2D eigenvalue weighted by molar-refractivity contribution is 0.0782. The van der Waals surface area contributed by atoms with Gasteiger partial charge in [-0.1, -0.05) is 0 Å². The number of H-pyrrole nitrogens is 1. The van der Waals surface area contributed by atoms with Gasteiger partial charge in [0.15, 0.2) is 0 Å². The van der Waals surface area contributed by atoms with Crippen molar-refractivity contribution in [3.63, 3.8) is 0 Å². The van der Waals surface area contributed by atoms with E-state index in [-0.39, 0.29) is 11.9 Å². The zero-order valence-electron chi connectivity index (χ0n) is 9.58. The van der Waals surface area contributed by atoms with Crippen LogP contribution in [0.1, 0.15) is 23.0 Å². The molecule has 1 atom stereocenters. The number of aromatic nitrogens is 4. The van der Waals surface area contributed by atoms with Crippen LogP contribution in [0.25, 0.3) is 0 Å². The summed E-state index contributed by atoms with van der Waals surface area (Å²) in [6.07, 6.45) is 7.70. The molecule has 1 N–H and O–H groups in total. The third-order valence-electron chi connectivity index (χ3n) is 3.12. The minimum Gasteiger partial charge on any atom is -0.341 e. The van der Waals surface area contributed by atoms with Gasteiger partial charge in [0.05, 0.1) is 29.2 Å². The predicted octanol–water partition coefficient (Wildman–Crippen LogP) is 1.46. The molecular formula is C11H12BrN5O. The average molecular weight is 310 g/mol. The van der Waals surface area contributed by atoms with Gasteiger partial charge in [-0.25, -0.2) is 4.98 Å². The van der Waals surface area contributed by atoms with Crippen LogP contribution in [0.3, 0.4) is 0 Å². The summed E-state index contributed by atoms with van der Waals surface area (Å²) in [4.78, 5) is 20.6. The Balaban J connectivity index is 1.70. The molecule has 3 rings (SSSR count). The van der Waals surface area contributed by atoms with E-state index in [4.69, 9.17) is 0 Å². The number of carbonyl (C=O) groups is 1. The van der Waals surface area contributed by atoms with E-state index in [1.165, 1.54) is 6.33 Å². The predicted molar refractivity (Wildman–Crippen MR) is 68.1 cm³/mol. The topological polar surface area (TPSA) is 66.8 Å². The molecule has 7 heteroatoms. The van der Waals surface area contributed by atoms with Crippen LogP contribution in [0, 0.1) is 0 Å². The van der Waals surface area contributed by atoms with Crippen molar-refractivity contribution in [2.75, 3.05) is 13.1 Å². The molecule has 0 spiro atoms. The van der Waals surface area contributed by atoms with Crippen LogP contribution < -0.4 is 0 Å². The van der Waals surface area contributed by atoms with Gasteiger partial charge in [-0.2, -0.15) is 5.10 Å². The second-order valence-electron chi connectivity index (χ2n) is 4.30. The Morgan fingerprint density at radius 2 is 2.39 bits per heavy atom. The number of rotatable bonds is 2. The smallest absolute Gasteiger partial charge is 0.271 e. The Bertz CT molecular complexity index is 550. The molecule has 2 aromatic heterocycles. The van der Waals surface area contributed by atoms with Gasteiger partial charge in [0.1, 0.15) is 5.69 Å². The molecule has 1 unspecified atom stereocenters. The maximum Gasteiger partial charge on any atom is 0.271 e. The highest BCUT2D eigenvalue weighted by atomic mass is 79.9. The number of halogens is 1. The van der Waals surface area contributed by atoms with Gasteiger partial charge >= 0.3 is 0 Å². The summed E-state index contributed by atoms with van der Waals surface area (Å²) in [6, 6.07) is 0.253. The van der Waals surface area contributed by atoms with Crippen molar-refractivity contribution < 1.29 is 4.79 Å². The quantitative estimate of drug-likeness (QED) is 0.913. The lowest BCUT2D eigenvalue weighted by Crippen LogP contribution is -2.29. The maximum absolute atomic E-state index is 12.1. The standard InChI is InChI=1S/C11H12BrN5O/c12-8-3-15-17(5-8)9-1-2-16(6-9)11(18)10-4-13-7-14-10/h3-5,7,9H,1-2,6H2,(H,13,14). The first-order valence-electron chi connectivity index (χ1n) is 5.71. The normalized spacial score (nSPS) is 19.4. The molecule has 0 aliphatic carbocycles. The summed E-state index contributed by atoms with van der Waals surface area (Å²) in [6.45, 7) is 1.44. The number of hydrogen-bond donors (Lipinski definition) is 1. The van der Waals surface area contributed by atoms with Gasteiger partial charge in [-0.15, -0.1) is 0 Å². The average Bonchev–Trinajstić information content (AvgIpc) is 3.09. The lowest BCUT2D eigenvalue weighted by atomic mass is 10.3. The van der Waals surface area contributed by atoms with Crippen molar-refractivity contribution in [1.82, 2.24) is 24.6 Å². The van der Waals surface area contributed by atoms with Crippen molar-refractivity contribution in [2.24, 2.45) is 0 Å². The second-order valence-corrected chi connectivity index (χ2v) is 5.21. The monoisotopic (exact) mass is 309 g/mol. The second kappa shape index (κ2) is 4.56. The highest BCUT2D eigenvalue weighted by molar-refractivity contribution is 9.10. The first-order chi connectivity index (χ1) is 8.74. The van der Waals surface area contributed by atoms with Gasteiger partial charge in [0.2, 0.25) is 0 Å². The molecule has 0 aromatic carbocycles. The summed E-state index contributed by atoms with van der Waals surface area (Å²) >= 11 is 3.38. The number of hydrogen-bond acceptors (Lipinski definition) is 3. The Kier molecular flexibility index (Phi) is 2.91. The first kappa shape index (κ1) is 11.5. The lowest BCUT2D eigenvalue weighted by Gasteiger charge is -2.15. The molecule has 1 aliphatic rings. The summed E-state index contributed by atoms with van der Waals surface area (Å²) in [5.74, 6) is 0.00113. The zero-order chi connectivity index (χ0) is 12.5. The number of likely N-dealkylation sites (tertiary alicyclic amines) is 1. The Morgan fingerprint density at radius 3 is 3.06 bits per heavy atom. The highest BCUT2D eigenvalue weighted by Crippen LogP contribution is 2.23. The molecule has 1 amide bonds. The van der Waals surface area contributed by atoms with Gasteiger partial charge in [0.25, 0.3) is 5.91 Å². The summed E-state index contributed by atoms with van der Waals surface area (Å²) in [5, 5.41) is 4.27. The van der Waals surface area contributed by atoms with Gasteiger partial charge in [0, 0.05) is 19.3 Å². The van der Waals surface area contributed by atoms with E-state index in [0.29, 0.717) is 12.2 Å². The molecule has 18 heavy (non-hydrogen) atoms. The molecular weight excluding hydrogens is 298 g/mol. The van der Waals surface area contributed by atoms with Crippen LogP contribution in [-0.2, 0) is 0 Å². The van der Waals surface area contributed by atoms with E-state index in [0.717, 1.165) is 17.4 Å². The molecule has 1 aliphatic heterocycles. The maximum atomic E-state index is 12.1. The van der Waals surface area contributed by atoms with Crippen LogP contribution in [0.5, 0.6) is 0 Å². The number of carbonyl (C=O) groups excluding carboxylic acids is 1. The fourth-order valence-corrected chi connectivity index (χ4v) is 2.50. The van der Waals surface area contributed by atoms with Crippen molar-refractivity contribution in [2.45, 2.75) is 12.5 Å². The van der Waals surface area contributed by atoms with E-state index in [1.807, 2.05) is 15.8 Å². The molecule has 6 nitrogen and oxygen atoms in total. The Hall–Kier alpha value is -1.63. The number of aromatic amines is 1. The van der Waals surface area contributed by atoms with Crippen molar-refractivity contribution in [3.05, 3.63) is 35.1 Å². The third-order valence-corrected chi connectivity index (χ3v) is 3.53. The molecule has 0 saturated carbocycles. The number of nitrogens with zero attached hydrogens (tertiary/aromatic N) is 4. The minimum absolute atomic E-state index is 0.00113. The first-order valence-corrected chi connectivity index (χ1v) is 6.50. The van der Waals surface area contributed by atoms with Crippen LogP contribution in [0.15, 0.2) is 29.4 Å². The Labute approximate surface area is 112 Å². The summed E-state index contributed by atoms with van der Waals surface area (Å²) in [5.41, 5.74) is 0.539. The molecule has 0 bridgehead atoms. The van der Waals surface area contributed by atoms with Crippen LogP contribution in [-0.4, -0.2) is 43.6 Å². The van der Waals surface area contributed by atoms with Gasteiger partial charge in [-0.3, -0.25) is 9.48 Å². The largest absolute Gasteiger partial charge is 0.341 e. The molecule has 1 saturated heterocycles. The highest BCUT2D eigenvalue weighted by Gasteiger charge is 2.28. The van der Waals surface area contributed by atoms with E-state index in [1.54, 1.807) is 12.4 Å². The molecule has 1 fully saturated rings. The van der Waals surface area contributed by atoms with Gasteiger partial charge in [-0.05, 0) is 22.4 Å². The zero-order valence-corrected chi connectivity index (χ0v) is 11.2. The van der Waals surface area contributed by atoms with Crippen molar-refractivity contribution in [3.8, 4) is 0 Å². The van der Waals surface area contributed by atoms with E-state index < -0.39 is 0 Å². The van der Waals surface area contributed by atoms with Gasteiger partial charge < -0.3 is 9.88 Å². The molecule has 3 heterocycles. The number of imidazole rings is 1. The van der Waals surface area contributed by atoms with Crippen LogP contribution in [0.4, 0.5) is 0 Å². The van der Waals surface area contributed by atoms with Crippen LogP contribution >= 0.6 is 15.9 Å². The Morgan fingerprint density at radius 1 is 1.50 bits per heavy atom. The third kappa shape index (κ3) is 2.05. The summed E-state index contributed by atoms with van der Waals surface area (Å²) < 4.78 is 2.87. The van der Waals surface area contributed by atoms with E-state index in [2.05, 4.69) is 31.0 Å². The SMILES string of the molecule is O=C(c1cnc[nH]1)N1CCC(n2cc(Br)cn2)C1. The van der Waals surface area contributed by atoms with Crippen LogP contribution in [0.2, 0.25) is 0 Å².